The van der Waals surface area contributed by atoms with Gasteiger partial charge in [0.15, 0.2) is 0 Å². The second-order valence-electron chi connectivity index (χ2n) is 7.74. The van der Waals surface area contributed by atoms with Crippen LogP contribution in [-0.2, 0) is 9.53 Å². The quantitative estimate of drug-likeness (QED) is 0.199. The molecular weight excluding hydrogens is 284 g/mol. The molecule has 0 aromatic carbocycles. The van der Waals surface area contributed by atoms with E-state index in [0.717, 1.165) is 19.3 Å². The fourth-order valence-corrected chi connectivity index (χ4v) is 2.63. The van der Waals surface area contributed by atoms with Gasteiger partial charge in [-0.3, -0.25) is 4.79 Å². The van der Waals surface area contributed by atoms with Crippen LogP contribution in [0.3, 0.4) is 0 Å². The van der Waals surface area contributed by atoms with Crippen LogP contribution in [0, 0.1) is 5.41 Å². The van der Waals surface area contributed by atoms with E-state index in [1.807, 2.05) is 6.92 Å². The molecule has 0 amide bonds. The van der Waals surface area contributed by atoms with E-state index in [2.05, 4.69) is 32.9 Å². The normalized spacial score (nSPS) is 12.0. The fourth-order valence-electron chi connectivity index (χ4n) is 2.63. The summed E-state index contributed by atoms with van der Waals surface area (Å²) in [5.41, 5.74) is 0.501. The molecule has 23 heavy (non-hydrogen) atoms. The van der Waals surface area contributed by atoms with Crippen LogP contribution >= 0.6 is 0 Å². The predicted octanol–water partition coefficient (Wildman–Crippen LogP) is 6.83. The highest BCUT2D eigenvalue weighted by molar-refractivity contribution is 5.69. The Kier molecular flexibility index (Phi) is 14.3. The third-order valence-electron chi connectivity index (χ3n) is 4.02. The first-order valence-electron chi connectivity index (χ1n) is 9.76. The van der Waals surface area contributed by atoms with Crippen LogP contribution in [0.15, 0.2) is 12.2 Å². The van der Waals surface area contributed by atoms with Crippen LogP contribution in [0.5, 0.6) is 0 Å². The molecule has 2 nitrogen and oxygen atoms in total. The van der Waals surface area contributed by atoms with Crippen LogP contribution in [0.25, 0.3) is 0 Å². The molecular formula is C21H40O2. The molecule has 0 aromatic rings. The minimum Gasteiger partial charge on any atom is -0.466 e. The molecule has 0 unspecified atom stereocenters. The lowest BCUT2D eigenvalue weighted by Gasteiger charge is -2.17. The van der Waals surface area contributed by atoms with Gasteiger partial charge >= 0.3 is 5.97 Å². The lowest BCUT2D eigenvalue weighted by molar-refractivity contribution is -0.143. The summed E-state index contributed by atoms with van der Waals surface area (Å²) in [5, 5.41) is 0. The Hall–Kier alpha value is -0.790. The summed E-state index contributed by atoms with van der Waals surface area (Å²) < 4.78 is 4.91. The number of ether oxygens (including phenoxy) is 1. The summed E-state index contributed by atoms with van der Waals surface area (Å²) in [4.78, 5) is 11.2. The zero-order valence-corrected chi connectivity index (χ0v) is 16.2. The standard InChI is InChI=1S/C21H40O2/c1-5-23-20(22)18-16-14-12-10-8-6-7-9-11-13-15-17-19-21(2,3)4/h8,10H,5-7,9,11-19H2,1-4H3/b10-8-. The Morgan fingerprint density at radius 1 is 0.826 bits per heavy atom. The zero-order valence-electron chi connectivity index (χ0n) is 16.2. The number of rotatable bonds is 14. The summed E-state index contributed by atoms with van der Waals surface area (Å²) in [7, 11) is 0. The molecule has 0 bridgehead atoms. The van der Waals surface area contributed by atoms with E-state index in [4.69, 9.17) is 4.74 Å². The molecule has 0 radical (unpaired) electrons. The third-order valence-corrected chi connectivity index (χ3v) is 4.02. The van der Waals surface area contributed by atoms with E-state index in [9.17, 15) is 4.79 Å². The second kappa shape index (κ2) is 14.8. The summed E-state index contributed by atoms with van der Waals surface area (Å²) in [5.74, 6) is -0.0565. The van der Waals surface area contributed by atoms with E-state index in [0.29, 0.717) is 18.4 Å². The molecule has 0 saturated carbocycles. The van der Waals surface area contributed by atoms with Crippen molar-refractivity contribution in [3.8, 4) is 0 Å². The van der Waals surface area contributed by atoms with Gasteiger partial charge in [0, 0.05) is 6.42 Å². The van der Waals surface area contributed by atoms with Crippen molar-refractivity contribution >= 4 is 5.97 Å². The highest BCUT2D eigenvalue weighted by atomic mass is 16.5. The van der Waals surface area contributed by atoms with Gasteiger partial charge in [-0.1, -0.05) is 65.0 Å². The van der Waals surface area contributed by atoms with E-state index in [1.165, 1.54) is 51.4 Å². The maximum atomic E-state index is 11.2. The third kappa shape index (κ3) is 19.2. The molecule has 0 atom stereocenters. The van der Waals surface area contributed by atoms with Gasteiger partial charge < -0.3 is 4.74 Å². The second-order valence-corrected chi connectivity index (χ2v) is 7.74. The Labute approximate surface area is 145 Å². The molecule has 0 fully saturated rings. The minimum absolute atomic E-state index is 0.0565. The first kappa shape index (κ1) is 22.2. The molecule has 0 rings (SSSR count). The van der Waals surface area contributed by atoms with Crippen LogP contribution < -0.4 is 0 Å². The number of hydrogen-bond acceptors (Lipinski definition) is 2. The molecule has 2 heteroatoms. The number of carbonyl (C=O) groups excluding carboxylic acids is 1. The maximum Gasteiger partial charge on any atom is 0.305 e. The van der Waals surface area contributed by atoms with Gasteiger partial charge in [-0.2, -0.15) is 0 Å². The van der Waals surface area contributed by atoms with E-state index < -0.39 is 0 Å². The maximum absolute atomic E-state index is 11.2. The first-order chi connectivity index (χ1) is 11.0. The summed E-state index contributed by atoms with van der Waals surface area (Å²) in [6.07, 6.45) is 19.1. The van der Waals surface area contributed by atoms with Crippen molar-refractivity contribution in [3.05, 3.63) is 12.2 Å². The minimum atomic E-state index is -0.0565. The van der Waals surface area contributed by atoms with E-state index in [-0.39, 0.29) is 5.97 Å². The fraction of sp³-hybridized carbons (Fsp3) is 0.857. The Morgan fingerprint density at radius 3 is 1.91 bits per heavy atom. The SMILES string of the molecule is CCOC(=O)CCCC/C=C\CCCCCCCCC(C)(C)C. The molecule has 0 saturated heterocycles. The highest BCUT2D eigenvalue weighted by Crippen LogP contribution is 2.22. The van der Waals surface area contributed by atoms with Gasteiger partial charge in [0.25, 0.3) is 0 Å². The number of carbonyl (C=O) groups is 1. The number of hydrogen-bond donors (Lipinski definition) is 0. The molecule has 0 aliphatic heterocycles. The topological polar surface area (TPSA) is 26.3 Å². The van der Waals surface area contributed by atoms with Gasteiger partial charge in [-0.15, -0.1) is 0 Å². The van der Waals surface area contributed by atoms with Gasteiger partial charge in [0.05, 0.1) is 6.61 Å². The van der Waals surface area contributed by atoms with Gasteiger partial charge in [0.1, 0.15) is 0 Å². The molecule has 0 N–H and O–H groups in total. The van der Waals surface area contributed by atoms with Crippen molar-refractivity contribution in [1.82, 2.24) is 0 Å². The van der Waals surface area contributed by atoms with Crippen molar-refractivity contribution in [2.24, 2.45) is 5.41 Å². The predicted molar refractivity (Wildman–Crippen MR) is 101 cm³/mol. The zero-order chi connectivity index (χ0) is 17.4. The average Bonchev–Trinajstić information content (AvgIpc) is 2.46. The summed E-state index contributed by atoms with van der Waals surface area (Å²) >= 11 is 0. The largest absolute Gasteiger partial charge is 0.466 e. The summed E-state index contributed by atoms with van der Waals surface area (Å²) in [6, 6.07) is 0. The number of allylic oxidation sites excluding steroid dienone is 2. The Morgan fingerprint density at radius 2 is 1.35 bits per heavy atom. The summed E-state index contributed by atoms with van der Waals surface area (Å²) in [6.45, 7) is 9.34. The molecule has 0 aliphatic rings. The van der Waals surface area contributed by atoms with Gasteiger partial charge in [-0.25, -0.2) is 0 Å². The van der Waals surface area contributed by atoms with Crippen molar-refractivity contribution in [2.75, 3.05) is 6.61 Å². The van der Waals surface area contributed by atoms with Crippen molar-refractivity contribution in [1.29, 1.82) is 0 Å². The molecule has 136 valence electrons. The van der Waals surface area contributed by atoms with Crippen LogP contribution in [0.2, 0.25) is 0 Å². The van der Waals surface area contributed by atoms with Crippen molar-refractivity contribution in [3.63, 3.8) is 0 Å². The number of unbranched alkanes of at least 4 members (excludes halogenated alkanes) is 8. The van der Waals surface area contributed by atoms with E-state index in [1.54, 1.807) is 0 Å². The molecule has 0 spiro atoms. The molecule has 0 heterocycles. The Balaban J connectivity index is 3.21. The van der Waals surface area contributed by atoms with E-state index >= 15 is 0 Å². The van der Waals surface area contributed by atoms with Crippen LogP contribution in [-0.4, -0.2) is 12.6 Å². The van der Waals surface area contributed by atoms with Crippen LogP contribution in [0.4, 0.5) is 0 Å². The van der Waals surface area contributed by atoms with Crippen molar-refractivity contribution < 1.29 is 9.53 Å². The van der Waals surface area contributed by atoms with Crippen molar-refractivity contribution in [2.45, 2.75) is 105 Å². The lowest BCUT2D eigenvalue weighted by Crippen LogP contribution is -2.03. The average molecular weight is 325 g/mol. The van der Waals surface area contributed by atoms with Gasteiger partial charge in [0.2, 0.25) is 0 Å². The highest BCUT2D eigenvalue weighted by Gasteiger charge is 2.08. The smallest absolute Gasteiger partial charge is 0.305 e. The first-order valence-corrected chi connectivity index (χ1v) is 9.76. The number of esters is 1. The van der Waals surface area contributed by atoms with Gasteiger partial charge in [-0.05, 0) is 50.9 Å². The molecule has 0 aromatic heterocycles. The lowest BCUT2D eigenvalue weighted by atomic mass is 9.89. The van der Waals surface area contributed by atoms with Crippen LogP contribution in [0.1, 0.15) is 105 Å². The molecule has 0 aliphatic carbocycles. The monoisotopic (exact) mass is 324 g/mol. The Bertz CT molecular complexity index is 299.